The van der Waals surface area contributed by atoms with Gasteiger partial charge in [-0.2, -0.15) is 0 Å². The van der Waals surface area contributed by atoms with Gasteiger partial charge in [0.1, 0.15) is 17.5 Å². The van der Waals surface area contributed by atoms with Gasteiger partial charge in [-0.1, -0.05) is 83.3 Å². The average Bonchev–Trinajstić information content (AvgIpc) is 2.67. The smallest absolute Gasteiger partial charge is 0.138 e. The van der Waals surface area contributed by atoms with Gasteiger partial charge in [-0.3, -0.25) is 4.79 Å². The van der Waals surface area contributed by atoms with Crippen molar-refractivity contribution in [2.45, 2.75) is 140 Å². The second-order valence-electron chi connectivity index (χ2n) is 9.34. The Bertz CT molecular complexity index is 489. The van der Waals surface area contributed by atoms with Gasteiger partial charge in [0.15, 0.2) is 0 Å². The molecule has 4 nitrogen and oxygen atoms in total. The number of fused-ring (bicyclic) bond motifs is 2. The van der Waals surface area contributed by atoms with Crippen molar-refractivity contribution < 1.29 is 19.7 Å². The summed E-state index contributed by atoms with van der Waals surface area (Å²) in [5, 5.41) is 20.7. The van der Waals surface area contributed by atoms with Crippen molar-refractivity contribution in [1.29, 1.82) is 0 Å². The summed E-state index contributed by atoms with van der Waals surface area (Å²) in [6, 6.07) is 0. The van der Waals surface area contributed by atoms with Crippen LogP contribution in [0.25, 0.3) is 0 Å². The Labute approximate surface area is 178 Å². The number of carbonyl (C=O) groups excluding carboxylic acids is 1. The first kappa shape index (κ1) is 24.6. The normalized spacial score (nSPS) is 29.6. The van der Waals surface area contributed by atoms with Crippen LogP contribution >= 0.6 is 0 Å². The molecule has 1 saturated carbocycles. The molecule has 2 rings (SSSR count). The SMILES string of the molecule is CCCC/C=C\CCCCCCCCCCC[C@@H]1C[C@]2(O)CC(=O)C[C@H](O1)[C@@H]2O. The van der Waals surface area contributed by atoms with E-state index in [1.165, 1.54) is 77.0 Å². The van der Waals surface area contributed by atoms with Gasteiger partial charge in [0, 0.05) is 19.3 Å². The molecular weight excluding hydrogens is 364 g/mol. The van der Waals surface area contributed by atoms with Crippen LogP contribution in [0, 0.1) is 0 Å². The molecule has 0 aromatic carbocycles. The number of allylic oxidation sites excluding steroid dienone is 2. The third kappa shape index (κ3) is 8.90. The van der Waals surface area contributed by atoms with Crippen LogP contribution in [0.15, 0.2) is 12.2 Å². The van der Waals surface area contributed by atoms with Gasteiger partial charge in [0.05, 0.1) is 12.2 Å². The molecule has 4 heteroatoms. The monoisotopic (exact) mass is 408 g/mol. The number of aliphatic hydroxyl groups is 2. The summed E-state index contributed by atoms with van der Waals surface area (Å²) in [6.45, 7) is 2.24. The van der Waals surface area contributed by atoms with Crippen LogP contribution in [-0.2, 0) is 9.53 Å². The van der Waals surface area contributed by atoms with E-state index in [0.717, 1.165) is 12.8 Å². The molecule has 0 aromatic rings. The highest BCUT2D eigenvalue weighted by Gasteiger charge is 2.52. The number of hydrogen-bond acceptors (Lipinski definition) is 4. The quantitative estimate of drug-likeness (QED) is 0.272. The van der Waals surface area contributed by atoms with Crippen molar-refractivity contribution in [1.82, 2.24) is 0 Å². The number of hydrogen-bond donors (Lipinski definition) is 2. The molecule has 0 aromatic heterocycles. The third-order valence-corrected chi connectivity index (χ3v) is 6.57. The topological polar surface area (TPSA) is 66.8 Å². The molecule has 1 aliphatic heterocycles. The molecule has 0 amide bonds. The first-order valence-corrected chi connectivity index (χ1v) is 12.3. The Morgan fingerprint density at radius 1 is 0.966 bits per heavy atom. The summed E-state index contributed by atoms with van der Waals surface area (Å²) < 4.78 is 5.89. The van der Waals surface area contributed by atoms with Crippen molar-refractivity contribution in [3.8, 4) is 0 Å². The molecule has 2 bridgehead atoms. The number of ether oxygens (including phenoxy) is 1. The van der Waals surface area contributed by atoms with Gasteiger partial charge in [0.25, 0.3) is 0 Å². The lowest BCUT2D eigenvalue weighted by Gasteiger charge is -2.48. The summed E-state index contributed by atoms with van der Waals surface area (Å²) in [5.41, 5.74) is -1.26. The van der Waals surface area contributed by atoms with Gasteiger partial charge in [-0.25, -0.2) is 0 Å². The second-order valence-corrected chi connectivity index (χ2v) is 9.34. The predicted octanol–water partition coefficient (Wildman–Crippen LogP) is 5.64. The van der Waals surface area contributed by atoms with Crippen molar-refractivity contribution in [2.75, 3.05) is 0 Å². The summed E-state index contributed by atoms with van der Waals surface area (Å²) >= 11 is 0. The Kier molecular flexibility index (Phi) is 11.5. The van der Waals surface area contributed by atoms with E-state index in [0.29, 0.717) is 6.42 Å². The molecule has 2 N–H and O–H groups in total. The van der Waals surface area contributed by atoms with Gasteiger partial charge < -0.3 is 14.9 Å². The van der Waals surface area contributed by atoms with Crippen molar-refractivity contribution in [3.05, 3.63) is 12.2 Å². The van der Waals surface area contributed by atoms with Gasteiger partial charge in [-0.05, 0) is 25.7 Å². The van der Waals surface area contributed by atoms with E-state index in [-0.39, 0.29) is 24.7 Å². The minimum absolute atomic E-state index is 0.00434. The first-order chi connectivity index (χ1) is 14.0. The van der Waals surface area contributed by atoms with E-state index in [1.54, 1.807) is 0 Å². The predicted molar refractivity (Wildman–Crippen MR) is 118 cm³/mol. The molecule has 29 heavy (non-hydrogen) atoms. The third-order valence-electron chi connectivity index (χ3n) is 6.57. The van der Waals surface area contributed by atoms with Gasteiger partial charge >= 0.3 is 0 Å². The fraction of sp³-hybridized carbons (Fsp3) is 0.880. The molecule has 1 aliphatic carbocycles. The fourth-order valence-corrected chi connectivity index (χ4v) is 4.80. The first-order valence-electron chi connectivity index (χ1n) is 12.3. The minimum atomic E-state index is -1.26. The second kappa shape index (κ2) is 13.6. The summed E-state index contributed by atoms with van der Waals surface area (Å²) in [4.78, 5) is 11.7. The summed E-state index contributed by atoms with van der Waals surface area (Å²) in [7, 11) is 0. The van der Waals surface area contributed by atoms with E-state index in [1.807, 2.05) is 0 Å². The van der Waals surface area contributed by atoms with E-state index < -0.39 is 17.8 Å². The van der Waals surface area contributed by atoms with Crippen molar-refractivity contribution >= 4 is 5.78 Å². The number of Topliss-reactive ketones (excluding diaryl/α,β-unsaturated/α-hetero) is 1. The lowest BCUT2D eigenvalue weighted by Crippen LogP contribution is -2.61. The van der Waals surface area contributed by atoms with Gasteiger partial charge in [-0.15, -0.1) is 0 Å². The van der Waals surface area contributed by atoms with Crippen LogP contribution in [-0.4, -0.2) is 39.9 Å². The van der Waals surface area contributed by atoms with Gasteiger partial charge in [0.2, 0.25) is 0 Å². The van der Waals surface area contributed by atoms with E-state index in [2.05, 4.69) is 19.1 Å². The summed E-state index contributed by atoms with van der Waals surface area (Å²) in [6.07, 6.45) is 21.6. The molecule has 2 fully saturated rings. The lowest BCUT2D eigenvalue weighted by atomic mass is 9.73. The number of aliphatic hydroxyl groups excluding tert-OH is 1. The zero-order valence-electron chi connectivity index (χ0n) is 18.6. The fourth-order valence-electron chi connectivity index (χ4n) is 4.80. The molecule has 0 spiro atoms. The largest absolute Gasteiger partial charge is 0.387 e. The highest BCUT2D eigenvalue weighted by molar-refractivity contribution is 5.81. The number of ketones is 1. The number of carbonyl (C=O) groups is 1. The maximum atomic E-state index is 11.7. The Hall–Kier alpha value is -0.710. The molecule has 168 valence electrons. The lowest BCUT2D eigenvalue weighted by molar-refractivity contribution is -0.232. The highest BCUT2D eigenvalue weighted by Crippen LogP contribution is 2.39. The number of unbranched alkanes of at least 4 members (excludes halogenated alkanes) is 11. The Morgan fingerprint density at radius 2 is 1.55 bits per heavy atom. The zero-order chi connectivity index (χ0) is 21.0. The van der Waals surface area contributed by atoms with Crippen molar-refractivity contribution in [3.63, 3.8) is 0 Å². The Morgan fingerprint density at radius 3 is 2.17 bits per heavy atom. The molecule has 0 unspecified atom stereocenters. The average molecular weight is 409 g/mol. The van der Waals surface area contributed by atoms with Crippen LogP contribution < -0.4 is 0 Å². The molecule has 1 heterocycles. The maximum Gasteiger partial charge on any atom is 0.138 e. The standard InChI is InChI=1S/C25H44O4/c1-2-3-4-5-6-7-8-9-10-11-12-13-14-15-16-17-22-20-25(28)19-21(26)18-23(29-22)24(25)27/h5-6,22-24,27-28H,2-4,7-20H2,1H3/b6-5-/t22-,23+,24+,25-/m1/s1. The Balaban J connectivity index is 1.40. The highest BCUT2D eigenvalue weighted by atomic mass is 16.5. The molecule has 1 saturated heterocycles. The van der Waals surface area contributed by atoms with Crippen molar-refractivity contribution in [2.24, 2.45) is 0 Å². The maximum absolute atomic E-state index is 11.7. The zero-order valence-corrected chi connectivity index (χ0v) is 18.6. The van der Waals surface area contributed by atoms with Crippen LogP contribution in [0.1, 0.15) is 116 Å². The molecule has 2 aliphatic rings. The molecular formula is C25H44O4. The van der Waals surface area contributed by atoms with Crippen LogP contribution in [0.3, 0.4) is 0 Å². The van der Waals surface area contributed by atoms with Crippen LogP contribution in [0.2, 0.25) is 0 Å². The van der Waals surface area contributed by atoms with E-state index >= 15 is 0 Å². The van der Waals surface area contributed by atoms with Crippen LogP contribution in [0.5, 0.6) is 0 Å². The van der Waals surface area contributed by atoms with E-state index in [9.17, 15) is 15.0 Å². The number of rotatable bonds is 15. The van der Waals surface area contributed by atoms with E-state index in [4.69, 9.17) is 4.74 Å². The summed E-state index contributed by atoms with van der Waals surface area (Å²) in [5.74, 6) is 0.00434. The van der Waals surface area contributed by atoms with Crippen LogP contribution in [0.4, 0.5) is 0 Å². The molecule has 0 radical (unpaired) electrons. The minimum Gasteiger partial charge on any atom is -0.387 e. The molecule has 4 atom stereocenters.